The summed E-state index contributed by atoms with van der Waals surface area (Å²) >= 11 is 3.29. The minimum absolute atomic E-state index is 0.211. The summed E-state index contributed by atoms with van der Waals surface area (Å²) in [5.74, 6) is -0.293. The number of benzene rings is 1. The van der Waals surface area contributed by atoms with Crippen LogP contribution < -0.4 is 4.72 Å². The normalized spacial score (nSPS) is 18.9. The summed E-state index contributed by atoms with van der Waals surface area (Å²) in [6.07, 6.45) is 1.83. The number of nitrogens with one attached hydrogen (secondary N) is 1. The molecule has 0 bridgehead atoms. The van der Waals surface area contributed by atoms with E-state index in [1.807, 2.05) is 13.0 Å². The van der Waals surface area contributed by atoms with Crippen molar-refractivity contribution in [1.29, 1.82) is 0 Å². The molecule has 1 N–H and O–H groups in total. The first kappa shape index (κ1) is 11.8. The van der Waals surface area contributed by atoms with Crippen molar-refractivity contribution in [2.75, 3.05) is 0 Å². The fraction of sp³-hybridized carbons (Fsp3) is 0.364. The maximum atomic E-state index is 11.8. The minimum atomic E-state index is -1.29. The molecule has 3 nitrogen and oxygen atoms in total. The fourth-order valence-corrected chi connectivity index (χ4v) is 2.73. The second-order valence-electron chi connectivity index (χ2n) is 4.13. The smallest absolute Gasteiger partial charge is 0.264 e. The Morgan fingerprint density at radius 2 is 2.06 bits per heavy atom. The number of carbonyl (C=O) groups excluding carboxylic acids is 1. The highest BCUT2D eigenvalue weighted by Gasteiger charge is 2.44. The van der Waals surface area contributed by atoms with Crippen LogP contribution in [0, 0.1) is 0 Å². The standard InChI is InChI=1S/C11H12BrNO2S/c1-11(6-7-11)16(15)13-10(14)8-4-2-3-5-9(8)12/h2-5H,6-7H2,1H3,(H,13,14). The zero-order valence-electron chi connectivity index (χ0n) is 8.83. The van der Waals surface area contributed by atoms with E-state index in [4.69, 9.17) is 0 Å². The van der Waals surface area contributed by atoms with Crippen LogP contribution in [0.3, 0.4) is 0 Å². The summed E-state index contributed by atoms with van der Waals surface area (Å²) in [5.41, 5.74) is 0.514. The van der Waals surface area contributed by atoms with Gasteiger partial charge >= 0.3 is 0 Å². The third-order valence-electron chi connectivity index (χ3n) is 2.71. The first-order valence-electron chi connectivity index (χ1n) is 5.00. The quantitative estimate of drug-likeness (QED) is 0.932. The third-order valence-corrected chi connectivity index (χ3v) is 5.07. The van der Waals surface area contributed by atoms with Crippen LogP contribution in [0.1, 0.15) is 30.1 Å². The average molecular weight is 302 g/mol. The Morgan fingerprint density at radius 1 is 1.44 bits per heavy atom. The molecule has 5 heteroatoms. The van der Waals surface area contributed by atoms with Crippen molar-refractivity contribution < 1.29 is 9.00 Å². The van der Waals surface area contributed by atoms with Crippen LogP contribution in [0.4, 0.5) is 0 Å². The van der Waals surface area contributed by atoms with Crippen molar-refractivity contribution >= 4 is 32.8 Å². The molecule has 1 aromatic carbocycles. The lowest BCUT2D eigenvalue weighted by Gasteiger charge is -2.10. The molecule has 1 atom stereocenters. The highest BCUT2D eigenvalue weighted by molar-refractivity contribution is 9.10. The Bertz CT molecular complexity index is 457. The first-order chi connectivity index (χ1) is 7.53. The number of amides is 1. The fourth-order valence-electron chi connectivity index (χ4n) is 1.27. The Balaban J connectivity index is 2.09. The van der Waals surface area contributed by atoms with Gasteiger partial charge in [0.2, 0.25) is 0 Å². The predicted molar refractivity (Wildman–Crippen MR) is 67.4 cm³/mol. The minimum Gasteiger partial charge on any atom is -0.271 e. The van der Waals surface area contributed by atoms with E-state index in [9.17, 15) is 9.00 Å². The molecular formula is C11H12BrNO2S. The number of rotatable bonds is 3. The van der Waals surface area contributed by atoms with Crippen LogP contribution in [0.15, 0.2) is 28.7 Å². The van der Waals surface area contributed by atoms with Gasteiger partial charge in [0.15, 0.2) is 0 Å². The number of carbonyl (C=O) groups is 1. The Hall–Kier alpha value is -0.680. The van der Waals surface area contributed by atoms with Gasteiger partial charge in [-0.05, 0) is 47.8 Å². The molecule has 16 heavy (non-hydrogen) atoms. The van der Waals surface area contributed by atoms with E-state index in [1.54, 1.807) is 18.2 Å². The van der Waals surface area contributed by atoms with Crippen LogP contribution in [-0.4, -0.2) is 14.9 Å². The molecule has 1 aromatic rings. The van der Waals surface area contributed by atoms with Gasteiger partial charge < -0.3 is 0 Å². The van der Waals surface area contributed by atoms with Gasteiger partial charge in [-0.3, -0.25) is 9.52 Å². The van der Waals surface area contributed by atoms with Crippen molar-refractivity contribution in [3.63, 3.8) is 0 Å². The predicted octanol–water partition coefficient (Wildman–Crippen LogP) is 2.40. The average Bonchev–Trinajstić information content (AvgIpc) is 2.98. The van der Waals surface area contributed by atoms with E-state index in [2.05, 4.69) is 20.7 Å². The van der Waals surface area contributed by atoms with Crippen LogP contribution in [0.2, 0.25) is 0 Å². The molecule has 0 aromatic heterocycles. The molecular weight excluding hydrogens is 290 g/mol. The highest BCUT2D eigenvalue weighted by Crippen LogP contribution is 2.40. The van der Waals surface area contributed by atoms with Crippen molar-refractivity contribution in [2.24, 2.45) is 0 Å². The van der Waals surface area contributed by atoms with Gasteiger partial charge in [-0.2, -0.15) is 0 Å². The largest absolute Gasteiger partial charge is 0.271 e. The van der Waals surface area contributed by atoms with Gasteiger partial charge in [0.1, 0.15) is 11.0 Å². The second kappa shape index (κ2) is 4.30. The summed E-state index contributed by atoms with van der Waals surface area (Å²) in [6.45, 7) is 1.92. The molecule has 0 radical (unpaired) electrons. The molecule has 0 aliphatic heterocycles. The Labute approximate surface area is 105 Å². The monoisotopic (exact) mass is 301 g/mol. The van der Waals surface area contributed by atoms with Crippen molar-refractivity contribution in [1.82, 2.24) is 4.72 Å². The van der Waals surface area contributed by atoms with Gasteiger partial charge in [0.25, 0.3) is 5.91 Å². The molecule has 1 unspecified atom stereocenters. The van der Waals surface area contributed by atoms with Crippen molar-refractivity contribution in [3.8, 4) is 0 Å². The number of hydrogen-bond donors (Lipinski definition) is 1. The second-order valence-corrected chi connectivity index (χ2v) is 6.71. The lowest BCUT2D eigenvalue weighted by molar-refractivity contribution is 0.0982. The Morgan fingerprint density at radius 3 is 2.62 bits per heavy atom. The van der Waals surface area contributed by atoms with E-state index < -0.39 is 11.0 Å². The lowest BCUT2D eigenvalue weighted by Crippen LogP contribution is -2.32. The van der Waals surface area contributed by atoms with E-state index in [0.29, 0.717) is 10.0 Å². The molecule has 2 rings (SSSR count). The maximum Gasteiger partial charge on any atom is 0.264 e. The van der Waals surface area contributed by atoms with Crippen molar-refractivity contribution in [3.05, 3.63) is 34.3 Å². The van der Waals surface area contributed by atoms with Gasteiger partial charge in [-0.25, -0.2) is 4.21 Å². The topological polar surface area (TPSA) is 46.2 Å². The molecule has 1 fully saturated rings. The highest BCUT2D eigenvalue weighted by atomic mass is 79.9. The van der Waals surface area contributed by atoms with Crippen LogP contribution in [0.25, 0.3) is 0 Å². The summed E-state index contributed by atoms with van der Waals surface area (Å²) in [4.78, 5) is 11.8. The van der Waals surface area contributed by atoms with E-state index in [1.165, 1.54) is 0 Å². The van der Waals surface area contributed by atoms with Crippen LogP contribution in [-0.2, 0) is 11.0 Å². The molecule has 0 spiro atoms. The zero-order chi connectivity index (χ0) is 11.8. The number of hydrogen-bond acceptors (Lipinski definition) is 2. The molecule has 1 aliphatic rings. The van der Waals surface area contributed by atoms with E-state index in [0.717, 1.165) is 12.8 Å². The van der Waals surface area contributed by atoms with Gasteiger partial charge in [0.05, 0.1) is 10.3 Å². The molecule has 1 saturated carbocycles. The molecule has 1 aliphatic carbocycles. The molecule has 86 valence electrons. The maximum absolute atomic E-state index is 11.8. The van der Waals surface area contributed by atoms with Crippen LogP contribution in [0.5, 0.6) is 0 Å². The van der Waals surface area contributed by atoms with Gasteiger partial charge in [-0.15, -0.1) is 0 Å². The SMILES string of the molecule is CC1(S(=O)NC(=O)c2ccccc2Br)CC1. The third kappa shape index (κ3) is 2.35. The zero-order valence-corrected chi connectivity index (χ0v) is 11.2. The van der Waals surface area contributed by atoms with Crippen LogP contribution >= 0.6 is 15.9 Å². The first-order valence-corrected chi connectivity index (χ1v) is 6.95. The van der Waals surface area contributed by atoms with Crippen molar-refractivity contribution in [2.45, 2.75) is 24.5 Å². The van der Waals surface area contributed by atoms with Gasteiger partial charge in [-0.1, -0.05) is 12.1 Å². The summed E-state index contributed by atoms with van der Waals surface area (Å²) in [5, 5.41) is 0. The summed E-state index contributed by atoms with van der Waals surface area (Å²) in [7, 11) is -1.29. The van der Waals surface area contributed by atoms with E-state index in [-0.39, 0.29) is 10.7 Å². The summed E-state index contributed by atoms with van der Waals surface area (Å²) < 4.78 is 14.8. The molecule has 1 amide bonds. The number of halogens is 1. The molecule has 0 heterocycles. The lowest BCUT2D eigenvalue weighted by atomic mass is 10.2. The van der Waals surface area contributed by atoms with Gasteiger partial charge in [0, 0.05) is 4.47 Å². The van der Waals surface area contributed by atoms with E-state index >= 15 is 0 Å². The summed E-state index contributed by atoms with van der Waals surface area (Å²) in [6, 6.07) is 7.10. The molecule has 0 saturated heterocycles. The Kier molecular flexibility index (Phi) is 3.17.